The molecule has 1 amide bonds. The first-order valence-electron chi connectivity index (χ1n) is 5.83. The van der Waals surface area contributed by atoms with Crippen molar-refractivity contribution in [3.8, 4) is 5.88 Å². The summed E-state index contributed by atoms with van der Waals surface area (Å²) in [7, 11) is 1.46. The highest BCUT2D eigenvalue weighted by Crippen LogP contribution is 2.10. The van der Waals surface area contributed by atoms with Gasteiger partial charge in [-0.1, -0.05) is 0 Å². The Labute approximate surface area is 109 Å². The number of hydrogen-bond donors (Lipinski definition) is 1. The van der Waals surface area contributed by atoms with E-state index in [1.807, 2.05) is 6.92 Å². The Bertz CT molecular complexity index is 522. The van der Waals surface area contributed by atoms with Crippen molar-refractivity contribution in [1.29, 1.82) is 0 Å². The van der Waals surface area contributed by atoms with E-state index in [0.717, 1.165) is 6.42 Å². The molecule has 8 heteroatoms. The number of rotatable bonds is 6. The topological polar surface area (TPSA) is 95.1 Å². The molecule has 1 unspecified atom stereocenters. The summed E-state index contributed by atoms with van der Waals surface area (Å²) in [6.45, 7) is 2.59. The lowest BCUT2D eigenvalue weighted by Crippen LogP contribution is -2.33. The lowest BCUT2D eigenvalue weighted by Gasteiger charge is -2.12. The molecule has 0 saturated heterocycles. The quantitative estimate of drug-likeness (QED) is 0.816. The van der Waals surface area contributed by atoms with Gasteiger partial charge in [0.15, 0.2) is 0 Å². The zero-order valence-electron chi connectivity index (χ0n) is 10.7. The van der Waals surface area contributed by atoms with E-state index in [2.05, 4.69) is 20.6 Å². The smallest absolute Gasteiger partial charge is 0.290 e. The molecule has 0 fully saturated rings. The average molecular weight is 265 g/mol. The van der Waals surface area contributed by atoms with Crippen molar-refractivity contribution >= 4 is 5.91 Å². The van der Waals surface area contributed by atoms with Crippen LogP contribution in [0.5, 0.6) is 5.88 Å². The number of ether oxygens (including phenoxy) is 1. The number of aromatic nitrogens is 4. The maximum absolute atomic E-state index is 11.8. The molecule has 0 aliphatic rings. The Morgan fingerprint density at radius 1 is 1.63 bits per heavy atom. The lowest BCUT2D eigenvalue weighted by molar-refractivity contribution is 0.0899. The molecular formula is C11H15N5O3. The van der Waals surface area contributed by atoms with E-state index in [1.54, 1.807) is 11.0 Å². The summed E-state index contributed by atoms with van der Waals surface area (Å²) >= 11 is 0. The van der Waals surface area contributed by atoms with Crippen LogP contribution in [0.15, 0.2) is 23.2 Å². The van der Waals surface area contributed by atoms with Crippen LogP contribution in [0.2, 0.25) is 0 Å². The summed E-state index contributed by atoms with van der Waals surface area (Å²) in [6.07, 6.45) is 3.85. The number of carbonyl (C=O) groups excluding carboxylic acids is 1. The van der Waals surface area contributed by atoms with Crippen LogP contribution < -0.4 is 10.1 Å². The van der Waals surface area contributed by atoms with E-state index in [1.165, 1.54) is 19.5 Å². The first-order valence-corrected chi connectivity index (χ1v) is 5.83. The normalized spacial score (nSPS) is 12.1. The molecule has 0 aromatic carbocycles. The molecular weight excluding hydrogens is 250 g/mol. The van der Waals surface area contributed by atoms with E-state index in [9.17, 15) is 4.79 Å². The molecule has 0 aliphatic heterocycles. The predicted octanol–water partition coefficient (Wildman–Crippen LogP) is 0.483. The van der Waals surface area contributed by atoms with Gasteiger partial charge in [-0.05, 0) is 18.5 Å². The van der Waals surface area contributed by atoms with Crippen LogP contribution >= 0.6 is 0 Å². The fourth-order valence-corrected chi connectivity index (χ4v) is 1.50. The van der Waals surface area contributed by atoms with Gasteiger partial charge >= 0.3 is 0 Å². The van der Waals surface area contributed by atoms with Crippen LogP contribution in [0.3, 0.4) is 0 Å². The molecule has 0 spiro atoms. The van der Waals surface area contributed by atoms with Gasteiger partial charge in [-0.15, -0.1) is 0 Å². The molecule has 1 atom stereocenters. The highest BCUT2D eigenvalue weighted by Gasteiger charge is 2.15. The molecule has 1 N–H and O–H groups in total. The maximum atomic E-state index is 11.8. The van der Waals surface area contributed by atoms with E-state index in [-0.39, 0.29) is 23.6 Å². The van der Waals surface area contributed by atoms with Gasteiger partial charge in [-0.3, -0.25) is 9.48 Å². The minimum Gasteiger partial charge on any atom is -0.479 e. The van der Waals surface area contributed by atoms with Crippen LogP contribution in [0.4, 0.5) is 0 Å². The SMILES string of the molecule is COc1cc(C(=O)NC(C)CCn2cncn2)on1. The second-order valence-electron chi connectivity index (χ2n) is 4.06. The van der Waals surface area contributed by atoms with Crippen molar-refractivity contribution in [3.63, 3.8) is 0 Å². The van der Waals surface area contributed by atoms with Crippen molar-refractivity contribution in [1.82, 2.24) is 25.2 Å². The molecule has 2 aromatic rings. The predicted molar refractivity (Wildman–Crippen MR) is 64.6 cm³/mol. The third-order valence-electron chi connectivity index (χ3n) is 2.56. The van der Waals surface area contributed by atoms with E-state index in [0.29, 0.717) is 6.54 Å². The fraction of sp³-hybridized carbons (Fsp3) is 0.455. The molecule has 2 rings (SSSR count). The van der Waals surface area contributed by atoms with Crippen LogP contribution in [-0.2, 0) is 6.54 Å². The first-order chi connectivity index (χ1) is 9.19. The number of hydrogen-bond acceptors (Lipinski definition) is 6. The van der Waals surface area contributed by atoms with Gasteiger partial charge < -0.3 is 14.6 Å². The van der Waals surface area contributed by atoms with Crippen LogP contribution in [-0.4, -0.2) is 39.0 Å². The maximum Gasteiger partial charge on any atom is 0.290 e. The summed E-state index contributed by atoms with van der Waals surface area (Å²) in [4.78, 5) is 15.7. The summed E-state index contributed by atoms with van der Waals surface area (Å²) in [5.41, 5.74) is 0. The standard InChI is InChI=1S/C11H15N5O3/c1-8(3-4-16-7-12-6-13-16)14-11(17)9-5-10(18-2)15-19-9/h5-8H,3-4H2,1-2H3,(H,14,17). The molecule has 0 aliphatic carbocycles. The number of amides is 1. The van der Waals surface area contributed by atoms with Crippen molar-refractivity contribution in [3.05, 3.63) is 24.5 Å². The third kappa shape index (κ3) is 3.54. The Morgan fingerprint density at radius 3 is 3.11 bits per heavy atom. The summed E-state index contributed by atoms with van der Waals surface area (Å²) in [5, 5.41) is 10.4. The summed E-state index contributed by atoms with van der Waals surface area (Å²) in [6, 6.07) is 1.42. The van der Waals surface area contributed by atoms with Gasteiger partial charge in [0.05, 0.1) is 13.2 Å². The number of nitrogens with zero attached hydrogens (tertiary/aromatic N) is 4. The van der Waals surface area contributed by atoms with Crippen molar-refractivity contribution in [2.75, 3.05) is 7.11 Å². The zero-order chi connectivity index (χ0) is 13.7. The summed E-state index contributed by atoms with van der Waals surface area (Å²) < 4.78 is 11.4. The van der Waals surface area contributed by atoms with Gasteiger partial charge in [-0.2, -0.15) is 5.10 Å². The minimum atomic E-state index is -0.318. The number of nitrogens with one attached hydrogen (secondary N) is 1. The summed E-state index contributed by atoms with van der Waals surface area (Å²) in [5.74, 6) is 0.0896. The van der Waals surface area contributed by atoms with Crippen LogP contribution in [0.1, 0.15) is 23.9 Å². The van der Waals surface area contributed by atoms with Gasteiger partial charge in [0.2, 0.25) is 5.76 Å². The monoisotopic (exact) mass is 265 g/mol. The van der Waals surface area contributed by atoms with Crippen molar-refractivity contribution in [2.24, 2.45) is 0 Å². The number of carbonyl (C=O) groups is 1. The highest BCUT2D eigenvalue weighted by molar-refractivity contribution is 5.91. The molecule has 19 heavy (non-hydrogen) atoms. The molecule has 8 nitrogen and oxygen atoms in total. The van der Waals surface area contributed by atoms with Crippen molar-refractivity contribution < 1.29 is 14.1 Å². The Balaban J connectivity index is 1.81. The molecule has 2 aromatic heterocycles. The van der Waals surface area contributed by atoms with Gasteiger partial charge in [0, 0.05) is 12.6 Å². The molecule has 0 radical (unpaired) electrons. The second-order valence-corrected chi connectivity index (χ2v) is 4.06. The second kappa shape index (κ2) is 5.98. The molecule has 0 saturated carbocycles. The largest absolute Gasteiger partial charge is 0.479 e. The van der Waals surface area contributed by atoms with E-state index >= 15 is 0 Å². The highest BCUT2D eigenvalue weighted by atomic mass is 16.5. The number of methoxy groups -OCH3 is 1. The van der Waals surface area contributed by atoms with Crippen molar-refractivity contribution in [2.45, 2.75) is 25.9 Å². The molecule has 2 heterocycles. The van der Waals surface area contributed by atoms with Gasteiger partial charge in [-0.25, -0.2) is 4.98 Å². The van der Waals surface area contributed by atoms with Crippen LogP contribution in [0, 0.1) is 0 Å². The van der Waals surface area contributed by atoms with E-state index < -0.39 is 0 Å². The Hall–Kier alpha value is -2.38. The average Bonchev–Trinajstić information content (AvgIpc) is 3.07. The van der Waals surface area contributed by atoms with E-state index in [4.69, 9.17) is 9.26 Å². The molecule has 0 bridgehead atoms. The lowest BCUT2D eigenvalue weighted by atomic mass is 10.2. The first kappa shape index (κ1) is 13.1. The zero-order valence-corrected chi connectivity index (χ0v) is 10.7. The third-order valence-corrected chi connectivity index (χ3v) is 2.56. The fourth-order valence-electron chi connectivity index (χ4n) is 1.50. The number of aryl methyl sites for hydroxylation is 1. The molecule has 102 valence electrons. The minimum absolute atomic E-state index is 0.0206. The van der Waals surface area contributed by atoms with Gasteiger partial charge in [0.1, 0.15) is 12.7 Å². The van der Waals surface area contributed by atoms with Gasteiger partial charge in [0.25, 0.3) is 11.8 Å². The Morgan fingerprint density at radius 2 is 2.47 bits per heavy atom. The Kier molecular flexibility index (Phi) is 4.11. The van der Waals surface area contributed by atoms with Crippen LogP contribution in [0.25, 0.3) is 0 Å².